The fourth-order valence-electron chi connectivity index (χ4n) is 2.99. The number of anilines is 1. The normalized spacial score (nSPS) is 18.8. The first-order chi connectivity index (χ1) is 8.75. The lowest BCUT2D eigenvalue weighted by molar-refractivity contribution is 0.572. The first kappa shape index (κ1) is 11.9. The van der Waals surface area contributed by atoms with Gasteiger partial charge in [0.05, 0.1) is 5.56 Å². The molecule has 0 spiro atoms. The number of nitrogens with two attached hydrogens (primary N) is 1. The van der Waals surface area contributed by atoms with Crippen molar-refractivity contribution in [1.82, 2.24) is 4.98 Å². The summed E-state index contributed by atoms with van der Waals surface area (Å²) >= 11 is 5.20. The van der Waals surface area contributed by atoms with Gasteiger partial charge >= 0.3 is 0 Å². The highest BCUT2D eigenvalue weighted by molar-refractivity contribution is 7.80. The molecular weight excluding hydrogens is 242 g/mol. The molecule has 0 unspecified atom stereocenters. The minimum atomic E-state index is 0.484. The number of rotatable bonds is 2. The second-order valence-corrected chi connectivity index (χ2v) is 5.67. The Morgan fingerprint density at radius 2 is 1.94 bits per heavy atom. The molecule has 2 heterocycles. The van der Waals surface area contributed by atoms with Crippen molar-refractivity contribution < 1.29 is 0 Å². The fraction of sp³-hybridized carbons (Fsp3) is 0.571. The Morgan fingerprint density at radius 3 is 2.67 bits per heavy atom. The molecule has 1 aliphatic carbocycles. The van der Waals surface area contributed by atoms with Crippen molar-refractivity contribution in [3.63, 3.8) is 0 Å². The van der Waals surface area contributed by atoms with Crippen molar-refractivity contribution in [2.45, 2.75) is 38.5 Å². The molecule has 1 fully saturated rings. The van der Waals surface area contributed by atoms with Gasteiger partial charge in [0.2, 0.25) is 0 Å². The molecule has 3 nitrogen and oxygen atoms in total. The van der Waals surface area contributed by atoms with Gasteiger partial charge in [-0.05, 0) is 50.2 Å². The van der Waals surface area contributed by atoms with Crippen LogP contribution < -0.4 is 10.6 Å². The van der Waals surface area contributed by atoms with Crippen LogP contribution in [0.25, 0.3) is 0 Å². The van der Waals surface area contributed by atoms with E-state index in [0.717, 1.165) is 37.3 Å². The Morgan fingerprint density at radius 1 is 1.17 bits per heavy atom. The third-order valence-electron chi connectivity index (χ3n) is 3.95. The van der Waals surface area contributed by atoms with Crippen molar-refractivity contribution in [2.75, 3.05) is 18.0 Å². The molecule has 3 rings (SSSR count). The van der Waals surface area contributed by atoms with E-state index < -0.39 is 0 Å². The summed E-state index contributed by atoms with van der Waals surface area (Å²) in [7, 11) is 0. The van der Waals surface area contributed by atoms with Crippen LogP contribution in [0.4, 0.5) is 5.82 Å². The fourth-order valence-corrected chi connectivity index (χ4v) is 3.14. The lowest BCUT2D eigenvalue weighted by Gasteiger charge is -2.29. The number of pyridine rings is 1. The number of aryl methyl sites for hydroxylation is 2. The number of aromatic nitrogens is 1. The van der Waals surface area contributed by atoms with E-state index in [4.69, 9.17) is 22.9 Å². The lowest BCUT2D eigenvalue weighted by Crippen LogP contribution is -2.32. The minimum absolute atomic E-state index is 0.484. The molecule has 4 heteroatoms. The molecule has 0 radical (unpaired) electrons. The topological polar surface area (TPSA) is 42.1 Å². The Labute approximate surface area is 113 Å². The Hall–Kier alpha value is -1.16. The maximum Gasteiger partial charge on any atom is 0.139 e. The highest BCUT2D eigenvalue weighted by atomic mass is 32.1. The maximum atomic E-state index is 5.88. The molecule has 2 aliphatic rings. The van der Waals surface area contributed by atoms with E-state index in [0.29, 0.717) is 4.99 Å². The third-order valence-corrected chi connectivity index (χ3v) is 4.17. The largest absolute Gasteiger partial charge is 0.389 e. The summed E-state index contributed by atoms with van der Waals surface area (Å²) in [5, 5.41) is 0. The van der Waals surface area contributed by atoms with Crippen molar-refractivity contribution in [3.05, 3.63) is 22.9 Å². The van der Waals surface area contributed by atoms with E-state index in [-0.39, 0.29) is 0 Å². The minimum Gasteiger partial charge on any atom is -0.389 e. The highest BCUT2D eigenvalue weighted by Crippen LogP contribution is 2.28. The van der Waals surface area contributed by atoms with Gasteiger partial charge in [-0.2, -0.15) is 0 Å². The number of fused-ring (bicyclic) bond motifs is 1. The van der Waals surface area contributed by atoms with Gasteiger partial charge < -0.3 is 10.6 Å². The van der Waals surface area contributed by atoms with E-state index in [2.05, 4.69) is 11.0 Å². The third kappa shape index (κ3) is 2.09. The Bertz CT molecular complexity index is 478. The predicted octanol–water partition coefficient (Wildman–Crippen LogP) is 2.19. The number of piperidine rings is 1. The number of hydrogen-bond acceptors (Lipinski definition) is 3. The SMILES string of the molecule is NC(=S)c1cc2c(nc1N1CCCCC1)CCC2. The van der Waals surface area contributed by atoms with Crippen LogP contribution in [0, 0.1) is 0 Å². The van der Waals surface area contributed by atoms with Crippen molar-refractivity contribution in [2.24, 2.45) is 5.73 Å². The summed E-state index contributed by atoms with van der Waals surface area (Å²) in [6, 6.07) is 2.18. The summed E-state index contributed by atoms with van der Waals surface area (Å²) < 4.78 is 0. The standard InChI is InChI=1S/C14H19N3S/c15-13(18)11-9-10-5-4-6-12(10)16-14(11)17-7-2-1-3-8-17/h9H,1-8H2,(H2,15,18). The van der Waals surface area contributed by atoms with E-state index in [1.165, 1.54) is 36.9 Å². The summed E-state index contributed by atoms with van der Waals surface area (Å²) in [5.74, 6) is 1.03. The van der Waals surface area contributed by atoms with Crippen LogP contribution in [0.2, 0.25) is 0 Å². The number of hydrogen-bond donors (Lipinski definition) is 1. The molecular formula is C14H19N3S. The molecule has 18 heavy (non-hydrogen) atoms. The molecule has 0 atom stereocenters. The smallest absolute Gasteiger partial charge is 0.139 e. The summed E-state index contributed by atoms with van der Waals surface area (Å²) in [6.45, 7) is 2.17. The summed E-state index contributed by atoms with van der Waals surface area (Å²) in [5.41, 5.74) is 9.46. The Kier molecular flexibility index (Phi) is 3.20. The van der Waals surface area contributed by atoms with Gasteiger partial charge in [-0.25, -0.2) is 4.98 Å². The van der Waals surface area contributed by atoms with E-state index in [1.54, 1.807) is 0 Å². The van der Waals surface area contributed by atoms with Crippen LogP contribution in [0.15, 0.2) is 6.07 Å². The zero-order valence-electron chi connectivity index (χ0n) is 10.6. The molecule has 0 bridgehead atoms. The summed E-state index contributed by atoms with van der Waals surface area (Å²) in [6.07, 6.45) is 7.25. The van der Waals surface area contributed by atoms with Crippen LogP contribution >= 0.6 is 12.2 Å². The molecule has 0 aromatic carbocycles. The number of nitrogens with zero attached hydrogens (tertiary/aromatic N) is 2. The molecule has 0 saturated carbocycles. The zero-order valence-corrected chi connectivity index (χ0v) is 11.4. The van der Waals surface area contributed by atoms with Gasteiger partial charge in [0.15, 0.2) is 0 Å². The first-order valence-corrected chi connectivity index (χ1v) is 7.24. The van der Waals surface area contributed by atoms with Crippen LogP contribution in [-0.4, -0.2) is 23.1 Å². The van der Waals surface area contributed by atoms with Gasteiger partial charge in [-0.15, -0.1) is 0 Å². The van der Waals surface area contributed by atoms with Crippen molar-refractivity contribution >= 4 is 23.0 Å². The van der Waals surface area contributed by atoms with E-state index >= 15 is 0 Å². The van der Waals surface area contributed by atoms with Gasteiger partial charge in [0.25, 0.3) is 0 Å². The summed E-state index contributed by atoms with van der Waals surface area (Å²) in [4.78, 5) is 7.70. The average Bonchev–Trinajstić information content (AvgIpc) is 2.85. The van der Waals surface area contributed by atoms with Gasteiger partial charge in [-0.1, -0.05) is 12.2 Å². The van der Waals surface area contributed by atoms with Crippen LogP contribution in [0.1, 0.15) is 42.5 Å². The van der Waals surface area contributed by atoms with Crippen molar-refractivity contribution in [3.8, 4) is 0 Å². The first-order valence-electron chi connectivity index (χ1n) is 6.83. The molecule has 2 N–H and O–H groups in total. The van der Waals surface area contributed by atoms with Crippen LogP contribution in [0.5, 0.6) is 0 Å². The highest BCUT2D eigenvalue weighted by Gasteiger charge is 2.22. The molecule has 0 amide bonds. The Balaban J connectivity index is 2.02. The van der Waals surface area contributed by atoms with E-state index in [1.807, 2.05) is 0 Å². The molecule has 1 saturated heterocycles. The molecule has 96 valence electrons. The molecule has 1 aromatic heterocycles. The second kappa shape index (κ2) is 4.84. The number of thiocarbonyl (C=S) groups is 1. The quantitative estimate of drug-likeness (QED) is 0.829. The zero-order chi connectivity index (χ0) is 12.5. The van der Waals surface area contributed by atoms with E-state index in [9.17, 15) is 0 Å². The lowest BCUT2D eigenvalue weighted by atomic mass is 10.1. The average molecular weight is 261 g/mol. The van der Waals surface area contributed by atoms with Gasteiger partial charge in [-0.3, -0.25) is 0 Å². The van der Waals surface area contributed by atoms with Gasteiger partial charge in [0, 0.05) is 18.8 Å². The molecule has 1 aliphatic heterocycles. The predicted molar refractivity (Wildman–Crippen MR) is 78.2 cm³/mol. The second-order valence-electron chi connectivity index (χ2n) is 5.23. The van der Waals surface area contributed by atoms with Crippen LogP contribution in [-0.2, 0) is 12.8 Å². The monoisotopic (exact) mass is 261 g/mol. The maximum absolute atomic E-state index is 5.88. The molecule has 1 aromatic rings. The van der Waals surface area contributed by atoms with Gasteiger partial charge in [0.1, 0.15) is 10.8 Å². The van der Waals surface area contributed by atoms with Crippen molar-refractivity contribution in [1.29, 1.82) is 0 Å². The van der Waals surface area contributed by atoms with Crippen LogP contribution in [0.3, 0.4) is 0 Å².